The zero-order valence-electron chi connectivity index (χ0n) is 25.1. The molecule has 0 unspecified atom stereocenters. The monoisotopic (exact) mass is 564 g/mol. The number of nitrogens with one attached hydrogen (secondary N) is 2. The lowest BCUT2D eigenvalue weighted by molar-refractivity contribution is -0.306. The second kappa shape index (κ2) is 11.4. The Morgan fingerprint density at radius 1 is 0.667 bits per heavy atom. The summed E-state index contributed by atoms with van der Waals surface area (Å²) in [7, 11) is 0. The van der Waals surface area contributed by atoms with Gasteiger partial charge >= 0.3 is 0 Å². The number of carbonyl (C=O) groups excluding carboxylic acids is 2. The van der Waals surface area contributed by atoms with Gasteiger partial charge in [0, 0.05) is 23.0 Å². The predicted molar refractivity (Wildman–Crippen MR) is 163 cm³/mol. The van der Waals surface area contributed by atoms with Crippen molar-refractivity contribution in [2.75, 3.05) is 0 Å². The van der Waals surface area contributed by atoms with Crippen molar-refractivity contribution in [1.29, 1.82) is 0 Å². The van der Waals surface area contributed by atoms with E-state index in [2.05, 4.69) is 37.7 Å². The van der Waals surface area contributed by atoms with E-state index in [0.29, 0.717) is 22.8 Å². The number of aromatic amines is 2. The molecule has 42 heavy (non-hydrogen) atoms. The molecule has 8 nitrogen and oxygen atoms in total. The number of aryl methyl sites for hydroxylation is 4. The molecule has 2 aliphatic rings. The molecule has 5 rings (SSSR count). The van der Waals surface area contributed by atoms with Crippen LogP contribution >= 0.6 is 0 Å². The second-order valence-corrected chi connectivity index (χ2v) is 11.1. The summed E-state index contributed by atoms with van der Waals surface area (Å²) in [5.74, 6) is -2.23. The maximum atomic E-state index is 11.4. The topological polar surface area (TPSA) is 138 Å². The molecule has 0 atom stereocenters. The molecule has 8 heteroatoms. The Bertz CT molecular complexity index is 1720. The molecular formula is C34H36N4O4-2. The third-order valence-electron chi connectivity index (χ3n) is 8.68. The van der Waals surface area contributed by atoms with Crippen LogP contribution in [0.2, 0.25) is 0 Å². The van der Waals surface area contributed by atoms with Gasteiger partial charge in [0.1, 0.15) is 0 Å². The van der Waals surface area contributed by atoms with E-state index in [0.717, 1.165) is 57.2 Å². The number of allylic oxidation sites excluding steroid dienone is 4. The minimum atomic E-state index is -1.12. The van der Waals surface area contributed by atoms with Crippen molar-refractivity contribution in [1.82, 2.24) is 19.9 Å². The van der Waals surface area contributed by atoms with E-state index in [9.17, 15) is 19.8 Å². The summed E-state index contributed by atoms with van der Waals surface area (Å²) in [6, 6.07) is 7.94. The highest BCUT2D eigenvalue weighted by molar-refractivity contribution is 6.00. The van der Waals surface area contributed by atoms with E-state index in [1.807, 2.05) is 38.1 Å². The first kappa shape index (κ1) is 29.0. The smallest absolute Gasteiger partial charge is 0.0929 e. The maximum absolute atomic E-state index is 11.4. The van der Waals surface area contributed by atoms with E-state index in [4.69, 9.17) is 9.97 Å². The lowest BCUT2D eigenvalue weighted by Crippen LogP contribution is -2.21. The molecule has 2 aliphatic heterocycles. The first-order valence-electron chi connectivity index (χ1n) is 14.6. The fourth-order valence-electron chi connectivity index (χ4n) is 6.37. The van der Waals surface area contributed by atoms with Gasteiger partial charge in [0.25, 0.3) is 0 Å². The van der Waals surface area contributed by atoms with Crippen molar-refractivity contribution in [2.45, 2.75) is 80.1 Å². The van der Waals surface area contributed by atoms with E-state index in [-0.39, 0.29) is 25.7 Å². The molecule has 0 amide bonds. The first-order valence-corrected chi connectivity index (χ1v) is 14.6. The zero-order chi connectivity index (χ0) is 30.3. The Morgan fingerprint density at radius 3 is 1.38 bits per heavy atom. The predicted octanol–water partition coefficient (Wildman–Crippen LogP) is 4.98. The number of nitrogens with zero attached hydrogens (tertiary/aromatic N) is 2. The second-order valence-electron chi connectivity index (χ2n) is 11.1. The summed E-state index contributed by atoms with van der Waals surface area (Å²) in [6.07, 6.45) is 2.02. The standard InChI is InChI=1S/C34H38N4O4/c1-7-21-17(3)31-32-18(4)22(8-2)26(36-32)12-14-28-24(10-16-30(41)42)20(6)34(38-28)33-19(5)23(9-15-29(39)40)27(37-33)13-11-25(21)35-31/h11-14,35-36H,7-10,15-16H2,1-6H3,(H,39,40)(H,41,42)/p-2. The highest BCUT2D eigenvalue weighted by Gasteiger charge is 2.25. The number of rotatable bonds is 8. The lowest BCUT2D eigenvalue weighted by Gasteiger charge is -2.07. The molecule has 0 aromatic carbocycles. The van der Waals surface area contributed by atoms with Crippen molar-refractivity contribution < 1.29 is 19.8 Å². The van der Waals surface area contributed by atoms with Crippen LogP contribution in [-0.4, -0.2) is 31.9 Å². The maximum Gasteiger partial charge on any atom is 0.0929 e. The van der Waals surface area contributed by atoms with E-state index < -0.39 is 11.9 Å². The van der Waals surface area contributed by atoms with Gasteiger partial charge in [-0.05, 0) is 135 Å². The number of aliphatic carboxylic acids is 2. The van der Waals surface area contributed by atoms with Gasteiger partial charge in [0.05, 0.1) is 33.8 Å². The van der Waals surface area contributed by atoms with Crippen LogP contribution in [-0.2, 0) is 22.4 Å². The Labute approximate surface area is 245 Å². The number of carboxylic acid groups (broad SMARTS) is 2. The van der Waals surface area contributed by atoms with Crippen molar-refractivity contribution in [3.63, 3.8) is 0 Å². The summed E-state index contributed by atoms with van der Waals surface area (Å²) in [5, 5.41) is 22.8. The number of carboxylic acids is 2. The fourth-order valence-corrected chi connectivity index (χ4v) is 6.37. The minimum Gasteiger partial charge on any atom is -0.550 e. The highest BCUT2D eigenvalue weighted by Crippen LogP contribution is 2.40. The number of carbonyl (C=O) groups is 2. The molecule has 218 valence electrons. The molecule has 3 aromatic heterocycles. The fraction of sp³-hybridized carbons (Fsp3) is 0.353. The summed E-state index contributed by atoms with van der Waals surface area (Å²) < 4.78 is 0. The molecule has 3 aromatic rings. The van der Waals surface area contributed by atoms with Crippen molar-refractivity contribution in [2.24, 2.45) is 0 Å². The highest BCUT2D eigenvalue weighted by atomic mass is 16.4. The van der Waals surface area contributed by atoms with Gasteiger partial charge in [0.2, 0.25) is 0 Å². The number of aromatic nitrogens is 4. The molecular weight excluding hydrogens is 528 g/mol. The third kappa shape index (κ3) is 5.06. The normalized spacial score (nSPS) is 13.3. The van der Waals surface area contributed by atoms with Gasteiger partial charge in [-0.2, -0.15) is 0 Å². The Kier molecular flexibility index (Phi) is 7.91. The Balaban J connectivity index is 1.92. The van der Waals surface area contributed by atoms with E-state index in [1.165, 1.54) is 22.3 Å². The number of fused-ring (bicyclic) bond motifs is 10. The van der Waals surface area contributed by atoms with Gasteiger partial charge < -0.3 is 29.8 Å². The zero-order valence-corrected chi connectivity index (χ0v) is 25.1. The van der Waals surface area contributed by atoms with Crippen LogP contribution < -0.4 is 10.2 Å². The lowest BCUT2D eigenvalue weighted by atomic mass is 9.97. The number of hydrogen-bond acceptors (Lipinski definition) is 6. The van der Waals surface area contributed by atoms with Gasteiger partial charge in [-0.15, -0.1) is 0 Å². The van der Waals surface area contributed by atoms with Gasteiger partial charge in [-0.1, -0.05) is 13.8 Å². The summed E-state index contributed by atoms with van der Waals surface area (Å²) in [6.45, 7) is 12.4. The molecule has 2 N–H and O–H groups in total. The van der Waals surface area contributed by atoms with Gasteiger partial charge in [0.15, 0.2) is 0 Å². The summed E-state index contributed by atoms with van der Waals surface area (Å²) in [5.41, 5.74) is 15.0. The first-order chi connectivity index (χ1) is 20.0. The molecule has 0 saturated carbocycles. The summed E-state index contributed by atoms with van der Waals surface area (Å²) >= 11 is 0. The third-order valence-corrected chi connectivity index (χ3v) is 8.68. The van der Waals surface area contributed by atoms with E-state index >= 15 is 0 Å². The largest absolute Gasteiger partial charge is 0.550 e. The Hall–Kier alpha value is -4.46. The van der Waals surface area contributed by atoms with Crippen LogP contribution in [0, 0.1) is 13.8 Å². The van der Waals surface area contributed by atoms with Crippen molar-refractivity contribution in [3.05, 3.63) is 69.3 Å². The average molecular weight is 565 g/mol. The van der Waals surface area contributed by atoms with Gasteiger partial charge in [-0.25, -0.2) is 9.97 Å². The van der Waals surface area contributed by atoms with Crippen molar-refractivity contribution in [3.8, 4) is 0 Å². The van der Waals surface area contributed by atoms with Gasteiger partial charge in [-0.3, -0.25) is 0 Å². The van der Waals surface area contributed by atoms with Crippen LogP contribution in [0.15, 0.2) is 24.3 Å². The van der Waals surface area contributed by atoms with E-state index in [1.54, 1.807) is 0 Å². The number of H-pyrrole nitrogens is 2. The molecule has 8 bridgehead atoms. The SMILES string of the molecule is CCc1c(C)c2[nH]c1ccc1nc(c3nc(ccc4[nH]c2c(C)c4CC)C(CCC(=O)[O-])=C3C)C(C)=C1CCC(=O)[O-]. The minimum absolute atomic E-state index is 0.120. The summed E-state index contributed by atoms with van der Waals surface area (Å²) in [4.78, 5) is 40.1. The average Bonchev–Trinajstić information content (AvgIpc) is 3.63. The quantitative estimate of drug-likeness (QED) is 0.396. The molecule has 0 spiro atoms. The van der Waals surface area contributed by atoms with Crippen molar-refractivity contribution >= 4 is 56.3 Å². The van der Waals surface area contributed by atoms with Crippen LogP contribution in [0.1, 0.15) is 98.4 Å². The number of hydrogen-bond donors (Lipinski definition) is 2. The Morgan fingerprint density at radius 2 is 1.05 bits per heavy atom. The van der Waals surface area contributed by atoms with Crippen LogP contribution in [0.3, 0.4) is 0 Å². The molecule has 0 fully saturated rings. The molecule has 5 heterocycles. The van der Waals surface area contributed by atoms with Crippen LogP contribution in [0.4, 0.5) is 0 Å². The van der Waals surface area contributed by atoms with Crippen LogP contribution in [0.25, 0.3) is 44.4 Å². The molecule has 0 radical (unpaired) electrons. The molecule has 0 saturated heterocycles. The van der Waals surface area contributed by atoms with Crippen LogP contribution in [0.5, 0.6) is 0 Å². The molecule has 0 aliphatic carbocycles.